The van der Waals surface area contributed by atoms with E-state index in [2.05, 4.69) is 15.3 Å². The first-order valence-electron chi connectivity index (χ1n) is 4.68. The Morgan fingerprint density at radius 1 is 1.43 bits per heavy atom. The van der Waals surface area contributed by atoms with Crippen LogP contribution in [0.1, 0.15) is 19.3 Å². The molecule has 0 amide bonds. The van der Waals surface area contributed by atoms with Crippen LogP contribution in [0.2, 0.25) is 0 Å². The molecule has 1 heterocycles. The SMILES string of the molecule is NC1(CNc2ncc(F)cn2)CCC1. The molecule has 0 radical (unpaired) electrons. The monoisotopic (exact) mass is 196 g/mol. The van der Waals surface area contributed by atoms with Crippen LogP contribution in [0.15, 0.2) is 12.4 Å². The predicted molar refractivity (Wildman–Crippen MR) is 51.2 cm³/mol. The summed E-state index contributed by atoms with van der Waals surface area (Å²) in [5, 5.41) is 3.00. The van der Waals surface area contributed by atoms with Gasteiger partial charge in [-0.25, -0.2) is 14.4 Å². The molecule has 0 aromatic carbocycles. The van der Waals surface area contributed by atoms with Crippen molar-refractivity contribution in [2.75, 3.05) is 11.9 Å². The van der Waals surface area contributed by atoms with E-state index in [0.29, 0.717) is 12.5 Å². The van der Waals surface area contributed by atoms with E-state index in [1.807, 2.05) is 0 Å². The second-order valence-corrected chi connectivity index (χ2v) is 3.79. The van der Waals surface area contributed by atoms with Crippen molar-refractivity contribution in [3.63, 3.8) is 0 Å². The number of nitrogens with one attached hydrogen (secondary N) is 1. The standard InChI is InChI=1S/C9H13FN4/c10-7-4-12-8(13-5-7)14-6-9(11)2-1-3-9/h4-5H,1-3,6,11H2,(H,12,13,14). The van der Waals surface area contributed by atoms with Gasteiger partial charge in [0.05, 0.1) is 12.4 Å². The summed E-state index contributed by atoms with van der Waals surface area (Å²) in [5.74, 6) is 0.00443. The highest BCUT2D eigenvalue weighted by molar-refractivity contribution is 5.24. The molecule has 1 aliphatic carbocycles. The van der Waals surface area contributed by atoms with Gasteiger partial charge in [-0.05, 0) is 19.3 Å². The molecule has 14 heavy (non-hydrogen) atoms. The topological polar surface area (TPSA) is 63.8 Å². The summed E-state index contributed by atoms with van der Waals surface area (Å²) in [6.45, 7) is 0.651. The van der Waals surface area contributed by atoms with Crippen LogP contribution >= 0.6 is 0 Å². The zero-order chi connectivity index (χ0) is 10.0. The molecule has 1 aromatic heterocycles. The van der Waals surface area contributed by atoms with Crippen molar-refractivity contribution in [3.8, 4) is 0 Å². The van der Waals surface area contributed by atoms with E-state index in [1.165, 1.54) is 6.42 Å². The minimum Gasteiger partial charge on any atom is -0.352 e. The second kappa shape index (κ2) is 3.49. The molecule has 0 atom stereocenters. The molecule has 0 spiro atoms. The molecule has 1 saturated carbocycles. The lowest BCUT2D eigenvalue weighted by Crippen LogP contribution is -2.52. The van der Waals surface area contributed by atoms with E-state index in [1.54, 1.807) is 0 Å². The van der Waals surface area contributed by atoms with Gasteiger partial charge in [0.2, 0.25) is 5.95 Å². The van der Waals surface area contributed by atoms with Crippen LogP contribution in [0, 0.1) is 5.82 Å². The van der Waals surface area contributed by atoms with Gasteiger partial charge in [-0.1, -0.05) is 0 Å². The molecule has 1 fully saturated rings. The van der Waals surface area contributed by atoms with Crippen LogP contribution in [0.25, 0.3) is 0 Å². The first-order chi connectivity index (χ1) is 6.68. The Morgan fingerprint density at radius 2 is 2.07 bits per heavy atom. The van der Waals surface area contributed by atoms with Crippen LogP contribution in [0.4, 0.5) is 10.3 Å². The molecule has 0 bridgehead atoms. The molecule has 5 heteroatoms. The Balaban J connectivity index is 1.88. The Labute approximate surface area is 81.7 Å². The summed E-state index contributed by atoms with van der Waals surface area (Å²) in [5.41, 5.74) is 5.88. The zero-order valence-corrected chi connectivity index (χ0v) is 7.83. The van der Waals surface area contributed by atoms with Crippen LogP contribution in [-0.4, -0.2) is 22.1 Å². The van der Waals surface area contributed by atoms with Crippen LogP contribution in [0.3, 0.4) is 0 Å². The second-order valence-electron chi connectivity index (χ2n) is 3.79. The number of halogens is 1. The lowest BCUT2D eigenvalue weighted by atomic mass is 9.78. The van der Waals surface area contributed by atoms with Crippen molar-refractivity contribution in [3.05, 3.63) is 18.2 Å². The van der Waals surface area contributed by atoms with E-state index >= 15 is 0 Å². The summed E-state index contributed by atoms with van der Waals surface area (Å²) >= 11 is 0. The van der Waals surface area contributed by atoms with E-state index in [-0.39, 0.29) is 5.54 Å². The molecule has 4 nitrogen and oxygen atoms in total. The molecule has 0 saturated heterocycles. The third-order valence-corrected chi connectivity index (χ3v) is 2.57. The van der Waals surface area contributed by atoms with Gasteiger partial charge in [-0.15, -0.1) is 0 Å². The lowest BCUT2D eigenvalue weighted by molar-refractivity contribution is 0.265. The van der Waals surface area contributed by atoms with Gasteiger partial charge in [0.1, 0.15) is 0 Å². The highest BCUT2D eigenvalue weighted by atomic mass is 19.1. The van der Waals surface area contributed by atoms with E-state index < -0.39 is 5.82 Å². The number of hydrogen-bond acceptors (Lipinski definition) is 4. The summed E-state index contributed by atoms with van der Waals surface area (Å²) in [7, 11) is 0. The van der Waals surface area contributed by atoms with Crippen molar-refractivity contribution in [2.24, 2.45) is 5.73 Å². The number of hydrogen-bond donors (Lipinski definition) is 2. The fraction of sp³-hybridized carbons (Fsp3) is 0.556. The van der Waals surface area contributed by atoms with Crippen molar-refractivity contribution in [1.82, 2.24) is 9.97 Å². The van der Waals surface area contributed by atoms with Crippen LogP contribution in [0.5, 0.6) is 0 Å². The number of nitrogens with two attached hydrogens (primary N) is 1. The Bertz CT molecular complexity index is 307. The quantitative estimate of drug-likeness (QED) is 0.754. The highest BCUT2D eigenvalue weighted by Gasteiger charge is 2.32. The average Bonchev–Trinajstić information content (AvgIpc) is 2.14. The molecule has 1 aliphatic rings. The third kappa shape index (κ3) is 1.98. The molecule has 0 unspecified atom stereocenters. The molecular weight excluding hydrogens is 183 g/mol. The van der Waals surface area contributed by atoms with Crippen molar-refractivity contribution < 1.29 is 4.39 Å². The number of nitrogens with zero attached hydrogens (tertiary/aromatic N) is 2. The first kappa shape index (κ1) is 9.33. The first-order valence-corrected chi connectivity index (χ1v) is 4.68. The average molecular weight is 196 g/mol. The normalized spacial score (nSPS) is 18.7. The van der Waals surface area contributed by atoms with E-state index in [9.17, 15) is 4.39 Å². The largest absolute Gasteiger partial charge is 0.352 e. The fourth-order valence-corrected chi connectivity index (χ4v) is 1.47. The highest BCUT2D eigenvalue weighted by Crippen LogP contribution is 2.28. The maximum atomic E-state index is 12.5. The molecular formula is C9H13FN4. The maximum absolute atomic E-state index is 12.5. The van der Waals surface area contributed by atoms with Gasteiger partial charge >= 0.3 is 0 Å². The minimum absolute atomic E-state index is 0.113. The third-order valence-electron chi connectivity index (χ3n) is 2.57. The minimum atomic E-state index is -0.429. The summed E-state index contributed by atoms with van der Waals surface area (Å²) in [6, 6.07) is 0. The Kier molecular flexibility index (Phi) is 2.33. The summed E-state index contributed by atoms with van der Waals surface area (Å²) < 4.78 is 12.5. The molecule has 0 aliphatic heterocycles. The number of anilines is 1. The summed E-state index contributed by atoms with van der Waals surface area (Å²) in [6.07, 6.45) is 5.52. The zero-order valence-electron chi connectivity index (χ0n) is 7.83. The van der Waals surface area contributed by atoms with Gasteiger partial charge in [0.25, 0.3) is 0 Å². The fourth-order valence-electron chi connectivity index (χ4n) is 1.47. The van der Waals surface area contributed by atoms with E-state index in [4.69, 9.17) is 5.73 Å². The maximum Gasteiger partial charge on any atom is 0.222 e. The van der Waals surface area contributed by atoms with Crippen molar-refractivity contribution in [1.29, 1.82) is 0 Å². The van der Waals surface area contributed by atoms with Gasteiger partial charge < -0.3 is 11.1 Å². The summed E-state index contributed by atoms with van der Waals surface area (Å²) in [4.78, 5) is 7.57. The lowest BCUT2D eigenvalue weighted by Gasteiger charge is -2.38. The van der Waals surface area contributed by atoms with Gasteiger partial charge in [0, 0.05) is 12.1 Å². The Morgan fingerprint density at radius 3 is 2.57 bits per heavy atom. The van der Waals surface area contributed by atoms with Gasteiger partial charge in [-0.2, -0.15) is 0 Å². The van der Waals surface area contributed by atoms with Crippen LogP contribution < -0.4 is 11.1 Å². The molecule has 3 N–H and O–H groups in total. The number of aromatic nitrogens is 2. The molecule has 2 rings (SSSR count). The van der Waals surface area contributed by atoms with Crippen LogP contribution in [-0.2, 0) is 0 Å². The van der Waals surface area contributed by atoms with Crippen molar-refractivity contribution in [2.45, 2.75) is 24.8 Å². The molecule has 76 valence electrons. The van der Waals surface area contributed by atoms with Gasteiger partial charge in [-0.3, -0.25) is 0 Å². The van der Waals surface area contributed by atoms with Crippen molar-refractivity contribution >= 4 is 5.95 Å². The van der Waals surface area contributed by atoms with E-state index in [0.717, 1.165) is 25.2 Å². The predicted octanol–water partition coefficient (Wildman–Crippen LogP) is 0.909. The molecule has 1 aromatic rings. The smallest absolute Gasteiger partial charge is 0.222 e. The van der Waals surface area contributed by atoms with Gasteiger partial charge in [0.15, 0.2) is 5.82 Å². The number of rotatable bonds is 3. The Hall–Kier alpha value is -1.23.